The summed E-state index contributed by atoms with van der Waals surface area (Å²) < 4.78 is 0. The van der Waals surface area contributed by atoms with Crippen molar-refractivity contribution in [2.75, 3.05) is 27.2 Å². The second kappa shape index (κ2) is 6.00. The van der Waals surface area contributed by atoms with Gasteiger partial charge in [0.05, 0.1) is 0 Å². The van der Waals surface area contributed by atoms with Crippen LogP contribution in [0.4, 0.5) is 0 Å². The van der Waals surface area contributed by atoms with E-state index < -0.39 is 5.97 Å². The van der Waals surface area contributed by atoms with Gasteiger partial charge in [0.2, 0.25) is 0 Å². The van der Waals surface area contributed by atoms with Crippen molar-refractivity contribution in [3.05, 3.63) is 29.6 Å². The van der Waals surface area contributed by atoms with Gasteiger partial charge in [-0.25, -0.2) is 9.78 Å². The Kier molecular flexibility index (Phi) is 4.34. The average molecular weight is 277 g/mol. The Labute approximate surface area is 118 Å². The number of pyridine rings is 1. The third kappa shape index (κ3) is 3.14. The van der Waals surface area contributed by atoms with E-state index in [2.05, 4.69) is 9.88 Å². The summed E-state index contributed by atoms with van der Waals surface area (Å²) >= 11 is 0. The minimum atomic E-state index is -1.12. The fraction of sp³-hybridized carbons (Fsp3) is 0.500. The van der Waals surface area contributed by atoms with Gasteiger partial charge in [-0.1, -0.05) is 6.07 Å². The fourth-order valence-electron chi connectivity index (χ4n) is 2.42. The molecule has 1 N–H and O–H groups in total. The maximum Gasteiger partial charge on any atom is 0.354 e. The van der Waals surface area contributed by atoms with Crippen LogP contribution >= 0.6 is 0 Å². The van der Waals surface area contributed by atoms with Crippen molar-refractivity contribution in [1.29, 1.82) is 0 Å². The number of rotatable bonds is 3. The number of aromatic carboxylic acids is 1. The molecular formula is C14H19N3O3. The lowest BCUT2D eigenvalue weighted by atomic mass is 10.0. The number of hydrogen-bond donors (Lipinski definition) is 1. The summed E-state index contributed by atoms with van der Waals surface area (Å²) in [6.07, 6.45) is 1.86. The van der Waals surface area contributed by atoms with Gasteiger partial charge in [-0.15, -0.1) is 0 Å². The molecule has 1 fully saturated rings. The van der Waals surface area contributed by atoms with Gasteiger partial charge in [0.1, 0.15) is 11.4 Å². The summed E-state index contributed by atoms with van der Waals surface area (Å²) in [5, 5.41) is 8.90. The Morgan fingerprint density at radius 3 is 2.40 bits per heavy atom. The van der Waals surface area contributed by atoms with Crippen molar-refractivity contribution in [2.45, 2.75) is 18.9 Å². The molecule has 0 aliphatic carbocycles. The molecule has 0 saturated carbocycles. The van der Waals surface area contributed by atoms with E-state index in [1.807, 2.05) is 14.1 Å². The van der Waals surface area contributed by atoms with Gasteiger partial charge < -0.3 is 14.9 Å². The average Bonchev–Trinajstić information content (AvgIpc) is 2.46. The Morgan fingerprint density at radius 1 is 1.25 bits per heavy atom. The van der Waals surface area contributed by atoms with Gasteiger partial charge in [-0.3, -0.25) is 4.79 Å². The molecule has 0 aromatic carbocycles. The van der Waals surface area contributed by atoms with Gasteiger partial charge in [-0.2, -0.15) is 0 Å². The highest BCUT2D eigenvalue weighted by Crippen LogP contribution is 2.16. The molecule has 0 bridgehead atoms. The van der Waals surface area contributed by atoms with Gasteiger partial charge in [0, 0.05) is 19.1 Å². The van der Waals surface area contributed by atoms with Crippen molar-refractivity contribution >= 4 is 11.9 Å². The van der Waals surface area contributed by atoms with Crippen molar-refractivity contribution < 1.29 is 14.7 Å². The quantitative estimate of drug-likeness (QED) is 0.890. The number of likely N-dealkylation sites (tertiary alicyclic amines) is 1. The summed E-state index contributed by atoms with van der Waals surface area (Å²) in [6.45, 7) is 1.36. The standard InChI is InChI=1S/C14H19N3O3/c1-16(2)10-6-8-17(9-7-10)13(18)11-4-3-5-12(15-11)14(19)20/h3-5,10H,6-9H2,1-2H3,(H,19,20). The monoisotopic (exact) mass is 277 g/mol. The first-order valence-electron chi connectivity index (χ1n) is 6.65. The molecule has 1 aromatic rings. The number of nitrogens with zero attached hydrogens (tertiary/aromatic N) is 3. The Hall–Kier alpha value is -1.95. The second-order valence-electron chi connectivity index (χ2n) is 5.20. The Morgan fingerprint density at radius 2 is 1.85 bits per heavy atom. The molecule has 6 heteroatoms. The van der Waals surface area contributed by atoms with Crippen LogP contribution < -0.4 is 0 Å². The Balaban J connectivity index is 2.05. The molecule has 1 aromatic heterocycles. The smallest absolute Gasteiger partial charge is 0.354 e. The molecule has 1 aliphatic heterocycles. The lowest BCUT2D eigenvalue weighted by molar-refractivity contribution is 0.0656. The first kappa shape index (κ1) is 14.5. The fourth-order valence-corrected chi connectivity index (χ4v) is 2.42. The number of carboxylic acids is 1. The molecule has 6 nitrogen and oxygen atoms in total. The minimum absolute atomic E-state index is 0.0981. The van der Waals surface area contributed by atoms with Gasteiger partial charge >= 0.3 is 5.97 Å². The van der Waals surface area contributed by atoms with E-state index in [-0.39, 0.29) is 17.3 Å². The topological polar surface area (TPSA) is 73.7 Å². The molecule has 0 atom stereocenters. The predicted octanol–water partition coefficient (Wildman–Crippen LogP) is 0.946. The molecule has 2 rings (SSSR count). The Bertz CT molecular complexity index is 508. The number of aromatic nitrogens is 1. The summed E-state index contributed by atoms with van der Waals surface area (Å²) in [5.74, 6) is -1.31. The largest absolute Gasteiger partial charge is 0.477 e. The van der Waals surface area contributed by atoms with E-state index in [0.29, 0.717) is 19.1 Å². The molecule has 1 amide bonds. The highest BCUT2D eigenvalue weighted by molar-refractivity contribution is 5.94. The van der Waals surface area contributed by atoms with E-state index in [1.165, 1.54) is 6.07 Å². The first-order valence-corrected chi connectivity index (χ1v) is 6.65. The predicted molar refractivity (Wildman–Crippen MR) is 73.8 cm³/mol. The lowest BCUT2D eigenvalue weighted by Gasteiger charge is -2.35. The number of hydrogen-bond acceptors (Lipinski definition) is 4. The van der Waals surface area contributed by atoms with E-state index in [1.54, 1.807) is 17.0 Å². The highest BCUT2D eigenvalue weighted by atomic mass is 16.4. The number of amides is 1. The SMILES string of the molecule is CN(C)C1CCN(C(=O)c2cccc(C(=O)O)n2)CC1. The molecule has 1 saturated heterocycles. The third-order valence-corrected chi connectivity index (χ3v) is 3.67. The van der Waals surface area contributed by atoms with E-state index in [4.69, 9.17) is 5.11 Å². The lowest BCUT2D eigenvalue weighted by Crippen LogP contribution is -2.44. The van der Waals surface area contributed by atoms with Crippen LogP contribution in [0.15, 0.2) is 18.2 Å². The highest BCUT2D eigenvalue weighted by Gasteiger charge is 2.25. The zero-order valence-electron chi connectivity index (χ0n) is 11.7. The minimum Gasteiger partial charge on any atom is -0.477 e. The van der Waals surface area contributed by atoms with Crippen LogP contribution in [0.5, 0.6) is 0 Å². The molecule has 0 spiro atoms. The molecular weight excluding hydrogens is 258 g/mol. The van der Waals surface area contributed by atoms with Crippen LogP contribution in [0, 0.1) is 0 Å². The van der Waals surface area contributed by atoms with Crippen molar-refractivity contribution in [2.24, 2.45) is 0 Å². The van der Waals surface area contributed by atoms with E-state index >= 15 is 0 Å². The van der Waals surface area contributed by atoms with Crippen LogP contribution in [0.2, 0.25) is 0 Å². The van der Waals surface area contributed by atoms with E-state index in [9.17, 15) is 9.59 Å². The molecule has 0 unspecified atom stereocenters. The van der Waals surface area contributed by atoms with Crippen LogP contribution in [0.25, 0.3) is 0 Å². The molecule has 2 heterocycles. The molecule has 20 heavy (non-hydrogen) atoms. The first-order chi connectivity index (χ1) is 9.49. The van der Waals surface area contributed by atoms with Crippen molar-refractivity contribution in [3.63, 3.8) is 0 Å². The van der Waals surface area contributed by atoms with Gasteiger partial charge in [0.15, 0.2) is 0 Å². The molecule has 1 aliphatic rings. The van der Waals surface area contributed by atoms with Crippen LogP contribution in [0.3, 0.4) is 0 Å². The summed E-state index contributed by atoms with van der Waals surface area (Å²) in [5.41, 5.74) is 0.104. The maximum atomic E-state index is 12.3. The zero-order valence-corrected chi connectivity index (χ0v) is 11.7. The number of piperidine rings is 1. The van der Waals surface area contributed by atoms with E-state index in [0.717, 1.165) is 12.8 Å². The van der Waals surface area contributed by atoms with Crippen molar-refractivity contribution in [1.82, 2.24) is 14.8 Å². The van der Waals surface area contributed by atoms with Crippen LogP contribution in [-0.2, 0) is 0 Å². The van der Waals surface area contributed by atoms with Gasteiger partial charge in [0.25, 0.3) is 5.91 Å². The summed E-state index contributed by atoms with van der Waals surface area (Å²) in [4.78, 5) is 31.0. The van der Waals surface area contributed by atoms with Crippen LogP contribution in [-0.4, -0.2) is 65.0 Å². The maximum absolute atomic E-state index is 12.3. The zero-order chi connectivity index (χ0) is 14.7. The number of carbonyl (C=O) groups is 2. The normalized spacial score (nSPS) is 16.4. The molecule has 0 radical (unpaired) electrons. The second-order valence-corrected chi connectivity index (χ2v) is 5.20. The number of carboxylic acid groups (broad SMARTS) is 1. The van der Waals surface area contributed by atoms with Gasteiger partial charge in [-0.05, 0) is 39.1 Å². The third-order valence-electron chi connectivity index (χ3n) is 3.67. The van der Waals surface area contributed by atoms with Crippen LogP contribution in [0.1, 0.15) is 33.8 Å². The summed E-state index contributed by atoms with van der Waals surface area (Å²) in [7, 11) is 4.08. The van der Waals surface area contributed by atoms with Crippen molar-refractivity contribution in [3.8, 4) is 0 Å². The number of carbonyl (C=O) groups excluding carboxylic acids is 1. The molecule has 108 valence electrons. The summed E-state index contributed by atoms with van der Waals surface area (Å²) in [6, 6.07) is 5.00.